The van der Waals surface area contributed by atoms with Crippen molar-refractivity contribution in [3.8, 4) is 0 Å². The zero-order chi connectivity index (χ0) is 30.8. The number of hydrogen-bond donors (Lipinski definition) is 2. The van der Waals surface area contributed by atoms with Crippen molar-refractivity contribution in [1.29, 1.82) is 0 Å². The Kier molecular flexibility index (Phi) is 24.6. The Morgan fingerprint density at radius 1 is 0.756 bits per heavy atom. The number of unbranched alkanes of at least 4 members (excludes halogenated alkanes) is 15. The van der Waals surface area contributed by atoms with Gasteiger partial charge in [0.05, 0.1) is 27.7 Å². The molecule has 2 atom stereocenters. The van der Waals surface area contributed by atoms with E-state index < -0.39 is 32.6 Å². The number of phosphoric ester groups is 1. The zero-order valence-electron chi connectivity index (χ0n) is 26.8. The van der Waals surface area contributed by atoms with Crippen molar-refractivity contribution < 1.29 is 42.1 Å². The lowest BCUT2D eigenvalue weighted by Crippen LogP contribution is -2.37. The fraction of sp³-hybridized carbons (Fsp3) is 0.933. The number of hydrogen-bond acceptors (Lipinski definition) is 7. The molecule has 1 amide bonds. The molecule has 0 rings (SSSR count). The molecule has 0 heterocycles. The topological polar surface area (TPSA) is 120 Å². The van der Waals surface area contributed by atoms with E-state index in [4.69, 9.17) is 18.5 Å². The first-order valence-electron chi connectivity index (χ1n) is 16.0. The molecule has 0 bridgehead atoms. The molecule has 0 saturated heterocycles. The molecule has 0 aromatic rings. The van der Waals surface area contributed by atoms with Crippen LogP contribution < -0.4 is 5.32 Å². The molecular formula is C30H62N2O8P+. The fourth-order valence-corrected chi connectivity index (χ4v) is 4.85. The standard InChI is InChI=1S/C30H61N2O8P/c1-6-8-9-10-11-12-13-14-15-16-17-18-19-20-21-22-23-31-30(34)37-26-28(40-29(33)7-2)27-39-41(35,36)38-25-24-32(3,4)5/h28H,6-27H2,1-5H3,(H-,31,34,35,36)/p+1. The lowest BCUT2D eigenvalue weighted by atomic mass is 10.0. The molecule has 2 N–H and O–H groups in total. The van der Waals surface area contributed by atoms with Crippen LogP contribution >= 0.6 is 7.82 Å². The van der Waals surface area contributed by atoms with Crippen molar-refractivity contribution in [2.75, 3.05) is 54.1 Å². The highest BCUT2D eigenvalue weighted by atomic mass is 31.2. The molecule has 0 aromatic heterocycles. The molecule has 0 aliphatic heterocycles. The van der Waals surface area contributed by atoms with Crippen molar-refractivity contribution in [3.63, 3.8) is 0 Å². The van der Waals surface area contributed by atoms with E-state index >= 15 is 0 Å². The van der Waals surface area contributed by atoms with Crippen molar-refractivity contribution in [1.82, 2.24) is 5.32 Å². The number of nitrogens with zero attached hydrogens (tertiary/aromatic N) is 1. The van der Waals surface area contributed by atoms with Crippen LogP contribution in [0.15, 0.2) is 0 Å². The van der Waals surface area contributed by atoms with Gasteiger partial charge in [-0.15, -0.1) is 0 Å². The average Bonchev–Trinajstić information content (AvgIpc) is 2.90. The van der Waals surface area contributed by atoms with Crippen molar-refractivity contribution in [3.05, 3.63) is 0 Å². The minimum Gasteiger partial charge on any atom is -0.456 e. The third-order valence-electron chi connectivity index (χ3n) is 6.73. The maximum atomic E-state index is 12.1. The number of alkyl carbamates (subject to hydrolysis) is 1. The number of nitrogens with one attached hydrogen (secondary N) is 1. The highest BCUT2D eigenvalue weighted by Gasteiger charge is 2.26. The number of carbonyl (C=O) groups is 2. The van der Waals surface area contributed by atoms with Gasteiger partial charge in [0.15, 0.2) is 6.10 Å². The van der Waals surface area contributed by atoms with Crippen molar-refractivity contribution >= 4 is 19.9 Å². The second-order valence-electron chi connectivity index (χ2n) is 11.9. The summed E-state index contributed by atoms with van der Waals surface area (Å²) < 4.78 is 33.0. The van der Waals surface area contributed by atoms with Gasteiger partial charge in [0, 0.05) is 13.0 Å². The Hall–Kier alpha value is -1.19. The lowest BCUT2D eigenvalue weighted by molar-refractivity contribution is -0.870. The number of phosphoric acid groups is 1. The van der Waals surface area contributed by atoms with Gasteiger partial charge in [0.2, 0.25) is 0 Å². The van der Waals surface area contributed by atoms with E-state index in [0.717, 1.165) is 19.3 Å². The second-order valence-corrected chi connectivity index (χ2v) is 13.4. The molecule has 244 valence electrons. The molecule has 0 spiro atoms. The molecule has 2 unspecified atom stereocenters. The number of quaternary nitrogens is 1. The van der Waals surface area contributed by atoms with Crippen LogP contribution in [-0.4, -0.2) is 81.6 Å². The monoisotopic (exact) mass is 609 g/mol. The summed E-state index contributed by atoms with van der Waals surface area (Å²) in [7, 11) is 1.44. The maximum absolute atomic E-state index is 12.1. The van der Waals surface area contributed by atoms with Gasteiger partial charge in [0.1, 0.15) is 19.8 Å². The van der Waals surface area contributed by atoms with Gasteiger partial charge in [-0.05, 0) is 6.42 Å². The van der Waals surface area contributed by atoms with E-state index in [0.29, 0.717) is 17.6 Å². The van der Waals surface area contributed by atoms with Gasteiger partial charge in [-0.2, -0.15) is 0 Å². The molecule has 41 heavy (non-hydrogen) atoms. The van der Waals surface area contributed by atoms with Crippen molar-refractivity contribution in [2.45, 2.75) is 129 Å². The third-order valence-corrected chi connectivity index (χ3v) is 7.71. The molecule has 0 radical (unpaired) electrons. The summed E-state index contributed by atoms with van der Waals surface area (Å²) in [5.41, 5.74) is 0. The van der Waals surface area contributed by atoms with E-state index in [1.807, 2.05) is 21.1 Å². The first-order valence-corrected chi connectivity index (χ1v) is 17.5. The minimum absolute atomic E-state index is 0.0228. The van der Waals surface area contributed by atoms with Gasteiger partial charge < -0.3 is 24.2 Å². The molecule has 10 nitrogen and oxygen atoms in total. The molecule has 0 fully saturated rings. The summed E-state index contributed by atoms with van der Waals surface area (Å²) >= 11 is 0. The number of rotatable bonds is 28. The zero-order valence-corrected chi connectivity index (χ0v) is 27.7. The fourth-order valence-electron chi connectivity index (χ4n) is 4.11. The average molecular weight is 610 g/mol. The number of esters is 1. The number of amides is 1. The number of ether oxygens (including phenoxy) is 2. The molecule has 0 aliphatic carbocycles. The molecule has 0 aromatic carbocycles. The predicted octanol–water partition coefficient (Wildman–Crippen LogP) is 7.14. The summed E-state index contributed by atoms with van der Waals surface area (Å²) in [6, 6.07) is 0. The largest absolute Gasteiger partial charge is 0.472 e. The van der Waals surface area contributed by atoms with E-state index in [1.165, 1.54) is 83.5 Å². The van der Waals surface area contributed by atoms with Gasteiger partial charge in [-0.1, -0.05) is 110 Å². The summed E-state index contributed by atoms with van der Waals surface area (Å²) in [5, 5.41) is 2.70. The van der Waals surface area contributed by atoms with Crippen molar-refractivity contribution in [2.24, 2.45) is 0 Å². The smallest absolute Gasteiger partial charge is 0.456 e. The van der Waals surface area contributed by atoms with Crippen LogP contribution in [0.1, 0.15) is 123 Å². The van der Waals surface area contributed by atoms with Gasteiger partial charge in [-0.3, -0.25) is 13.8 Å². The minimum atomic E-state index is -4.34. The van der Waals surface area contributed by atoms with E-state index in [9.17, 15) is 19.0 Å². The predicted molar refractivity (Wildman–Crippen MR) is 164 cm³/mol. The quantitative estimate of drug-likeness (QED) is 0.0416. The van der Waals surface area contributed by atoms with E-state index in [2.05, 4.69) is 12.2 Å². The Labute approximate surface area is 250 Å². The second kappa shape index (κ2) is 25.3. The Morgan fingerprint density at radius 2 is 1.24 bits per heavy atom. The number of carbonyl (C=O) groups excluding carboxylic acids is 2. The number of likely N-dealkylation sites (N-methyl/N-ethyl adjacent to an activating group) is 1. The van der Waals surface area contributed by atoms with Crippen LogP contribution in [0, 0.1) is 0 Å². The van der Waals surface area contributed by atoms with Gasteiger partial charge >= 0.3 is 19.9 Å². The van der Waals surface area contributed by atoms with Crippen LogP contribution in [0.4, 0.5) is 4.79 Å². The third kappa shape index (κ3) is 28.7. The van der Waals surface area contributed by atoms with Gasteiger partial charge in [0.25, 0.3) is 0 Å². The van der Waals surface area contributed by atoms with E-state index in [-0.39, 0.29) is 19.6 Å². The Morgan fingerprint density at radius 3 is 1.71 bits per heavy atom. The van der Waals surface area contributed by atoms with Crippen LogP contribution in [0.2, 0.25) is 0 Å². The van der Waals surface area contributed by atoms with Crippen LogP contribution in [0.3, 0.4) is 0 Å². The van der Waals surface area contributed by atoms with Crippen LogP contribution in [0.5, 0.6) is 0 Å². The van der Waals surface area contributed by atoms with E-state index in [1.54, 1.807) is 6.92 Å². The normalized spacial score (nSPS) is 13.9. The molecule has 0 aliphatic rings. The summed E-state index contributed by atoms with van der Waals surface area (Å²) in [5.74, 6) is -0.533. The summed E-state index contributed by atoms with van der Waals surface area (Å²) in [6.07, 6.45) is 19.1. The SMILES string of the molecule is CCCCCCCCCCCCCCCCCCNC(=O)OCC(COP(=O)(O)OCC[N+](C)(C)C)OC(=O)CC. The lowest BCUT2D eigenvalue weighted by Gasteiger charge is -2.24. The van der Waals surface area contributed by atoms with Crippen LogP contribution in [0.25, 0.3) is 0 Å². The Balaban J connectivity index is 3.89. The first kappa shape index (κ1) is 39.8. The first-order chi connectivity index (χ1) is 19.5. The highest BCUT2D eigenvalue weighted by molar-refractivity contribution is 7.47. The summed E-state index contributed by atoms with van der Waals surface area (Å²) in [4.78, 5) is 33.7. The van der Waals surface area contributed by atoms with Crippen LogP contribution in [-0.2, 0) is 27.9 Å². The molecule has 11 heteroatoms. The summed E-state index contributed by atoms with van der Waals surface area (Å²) in [6.45, 7) is 4.18. The molecular weight excluding hydrogens is 547 g/mol. The van der Waals surface area contributed by atoms with Gasteiger partial charge in [-0.25, -0.2) is 9.36 Å². The Bertz CT molecular complexity index is 702. The maximum Gasteiger partial charge on any atom is 0.472 e. The molecule has 0 saturated carbocycles. The highest BCUT2D eigenvalue weighted by Crippen LogP contribution is 2.43.